The first kappa shape index (κ1) is 29.3. The van der Waals surface area contributed by atoms with Crippen molar-refractivity contribution in [3.63, 3.8) is 0 Å². The number of anilines is 2. The Bertz CT molecular complexity index is 1460. The van der Waals surface area contributed by atoms with Crippen LogP contribution in [-0.4, -0.2) is 43.8 Å². The molecule has 0 radical (unpaired) electrons. The van der Waals surface area contributed by atoms with Crippen LogP contribution in [0, 0.1) is 18.3 Å². The van der Waals surface area contributed by atoms with Gasteiger partial charge in [0, 0.05) is 30.5 Å². The number of aromatic nitrogens is 2. The highest BCUT2D eigenvalue weighted by Gasteiger charge is 2.35. The maximum absolute atomic E-state index is 13.1. The molecule has 0 aliphatic carbocycles. The maximum atomic E-state index is 13.1. The summed E-state index contributed by atoms with van der Waals surface area (Å²) in [5.74, 6) is -1.23. The van der Waals surface area contributed by atoms with Crippen LogP contribution < -0.4 is 9.62 Å². The van der Waals surface area contributed by atoms with Gasteiger partial charge in [0.2, 0.25) is 10.0 Å². The highest BCUT2D eigenvalue weighted by Crippen LogP contribution is 2.36. The van der Waals surface area contributed by atoms with Crippen LogP contribution >= 0.6 is 22.9 Å². The molecular formula is C23H21ClF3N5O4S2. The van der Waals surface area contributed by atoms with E-state index >= 15 is 0 Å². The summed E-state index contributed by atoms with van der Waals surface area (Å²) in [6, 6.07) is 9.43. The zero-order valence-corrected chi connectivity index (χ0v) is 22.4. The Hall–Kier alpha value is -3.25. The average molecular weight is 588 g/mol. The van der Waals surface area contributed by atoms with Gasteiger partial charge in [-0.2, -0.15) is 18.4 Å². The Kier molecular flexibility index (Phi) is 9.31. The van der Waals surface area contributed by atoms with E-state index in [2.05, 4.69) is 9.97 Å². The van der Waals surface area contributed by atoms with E-state index in [9.17, 15) is 26.4 Å². The SMILES string of the molecule is COCCCS(=O)(=O)NC(=O)c1nc(N(Cc2cnc(C(F)(F)F)c(Cl)c2)c2ccc(C#N)cc2)sc1C. The van der Waals surface area contributed by atoms with E-state index in [1.807, 2.05) is 10.8 Å². The average Bonchev–Trinajstić information content (AvgIpc) is 3.23. The van der Waals surface area contributed by atoms with Crippen LogP contribution in [0.2, 0.25) is 5.02 Å². The molecule has 0 aliphatic rings. The minimum absolute atomic E-state index is 0.0416. The fourth-order valence-corrected chi connectivity index (χ4v) is 5.48. The van der Waals surface area contributed by atoms with Gasteiger partial charge in [0.15, 0.2) is 10.8 Å². The highest BCUT2D eigenvalue weighted by molar-refractivity contribution is 7.90. The quantitative estimate of drug-likeness (QED) is 0.335. The van der Waals surface area contributed by atoms with Crippen LogP contribution in [0.5, 0.6) is 0 Å². The number of thiazole rings is 1. The molecular weight excluding hydrogens is 567 g/mol. The van der Waals surface area contributed by atoms with Gasteiger partial charge in [0.25, 0.3) is 5.91 Å². The Morgan fingerprint density at radius 3 is 2.55 bits per heavy atom. The van der Waals surface area contributed by atoms with Crippen LogP contribution in [0.1, 0.15) is 38.6 Å². The topological polar surface area (TPSA) is 125 Å². The molecule has 0 aliphatic heterocycles. The lowest BCUT2D eigenvalue weighted by atomic mass is 10.2. The van der Waals surface area contributed by atoms with Crippen molar-refractivity contribution in [3.8, 4) is 6.07 Å². The number of pyridine rings is 1. The molecule has 2 heterocycles. The predicted molar refractivity (Wildman–Crippen MR) is 136 cm³/mol. The zero-order valence-electron chi connectivity index (χ0n) is 20.0. The molecule has 0 saturated heterocycles. The first-order valence-electron chi connectivity index (χ1n) is 10.8. The summed E-state index contributed by atoms with van der Waals surface area (Å²) in [4.78, 5) is 22.5. The number of amides is 1. The number of hydrogen-bond donors (Lipinski definition) is 1. The van der Waals surface area contributed by atoms with Gasteiger partial charge in [-0.25, -0.2) is 23.1 Å². The Morgan fingerprint density at radius 2 is 1.97 bits per heavy atom. The number of alkyl halides is 3. The van der Waals surface area contributed by atoms with Gasteiger partial charge in [-0.1, -0.05) is 11.6 Å². The van der Waals surface area contributed by atoms with E-state index in [0.717, 1.165) is 23.6 Å². The number of halogens is 4. The number of hydrogen-bond acceptors (Lipinski definition) is 9. The number of nitriles is 1. The van der Waals surface area contributed by atoms with Gasteiger partial charge in [0.05, 0.1) is 29.0 Å². The fraction of sp³-hybridized carbons (Fsp3) is 0.304. The molecule has 3 rings (SSSR count). The van der Waals surface area contributed by atoms with Crippen molar-refractivity contribution in [2.24, 2.45) is 0 Å². The number of aryl methyl sites for hydroxylation is 1. The number of sulfonamides is 1. The van der Waals surface area contributed by atoms with Gasteiger partial charge in [-0.15, -0.1) is 11.3 Å². The van der Waals surface area contributed by atoms with Crippen molar-refractivity contribution in [2.75, 3.05) is 24.4 Å². The summed E-state index contributed by atoms with van der Waals surface area (Å²) in [7, 11) is -2.50. The number of nitrogens with zero attached hydrogens (tertiary/aromatic N) is 4. The van der Waals surface area contributed by atoms with Gasteiger partial charge in [0.1, 0.15) is 5.69 Å². The minimum Gasteiger partial charge on any atom is -0.385 e. The number of nitrogens with one attached hydrogen (secondary N) is 1. The monoisotopic (exact) mass is 587 g/mol. The van der Waals surface area contributed by atoms with Crippen molar-refractivity contribution in [2.45, 2.75) is 26.1 Å². The molecule has 0 spiro atoms. The third-order valence-corrected chi connectivity index (χ3v) is 7.66. The van der Waals surface area contributed by atoms with E-state index < -0.39 is 32.8 Å². The van der Waals surface area contributed by atoms with E-state index in [-0.39, 0.29) is 36.2 Å². The van der Waals surface area contributed by atoms with Crippen LogP contribution in [-0.2, 0) is 27.5 Å². The summed E-state index contributed by atoms with van der Waals surface area (Å²) >= 11 is 6.91. The molecule has 15 heteroatoms. The third kappa shape index (κ3) is 7.41. The van der Waals surface area contributed by atoms with Gasteiger partial charge in [-0.3, -0.25) is 4.79 Å². The van der Waals surface area contributed by atoms with Gasteiger partial charge >= 0.3 is 6.18 Å². The minimum atomic E-state index is -4.72. The van der Waals surface area contributed by atoms with Crippen molar-refractivity contribution < 1.29 is 31.1 Å². The first-order valence-corrected chi connectivity index (χ1v) is 13.7. The van der Waals surface area contributed by atoms with Crippen molar-refractivity contribution in [3.05, 3.63) is 68.9 Å². The smallest absolute Gasteiger partial charge is 0.385 e. The third-order valence-electron chi connectivity index (χ3n) is 5.06. The summed E-state index contributed by atoms with van der Waals surface area (Å²) in [6.07, 6.45) is -3.50. The zero-order chi connectivity index (χ0) is 28.1. The second kappa shape index (κ2) is 12.1. The lowest BCUT2D eigenvalue weighted by molar-refractivity contribution is -0.141. The van der Waals surface area contributed by atoms with E-state index in [4.69, 9.17) is 21.6 Å². The number of carbonyl (C=O) groups is 1. The highest BCUT2D eigenvalue weighted by atomic mass is 35.5. The maximum Gasteiger partial charge on any atom is 0.434 e. The van der Waals surface area contributed by atoms with Gasteiger partial charge < -0.3 is 9.64 Å². The molecule has 3 aromatic rings. The standard InChI is InChI=1S/C23H21ClF3N5O4S2/c1-14-19(21(33)31-38(34,35)9-3-8-36-2)30-22(37-14)32(17-6-4-15(11-28)5-7-17)13-16-10-18(24)20(29-12-16)23(25,26)27/h4-7,10,12H,3,8-9,13H2,1-2H3,(H,31,33). The lowest BCUT2D eigenvalue weighted by Gasteiger charge is -2.22. The van der Waals surface area contributed by atoms with Crippen LogP contribution in [0.15, 0.2) is 36.5 Å². The molecule has 1 amide bonds. The predicted octanol–water partition coefficient (Wildman–Crippen LogP) is 4.82. The Balaban J connectivity index is 1.95. The second-order valence-corrected chi connectivity index (χ2v) is 11.3. The molecule has 0 unspecified atom stereocenters. The first-order chi connectivity index (χ1) is 17.8. The summed E-state index contributed by atoms with van der Waals surface area (Å²) in [5.41, 5.74) is -0.145. The molecule has 38 heavy (non-hydrogen) atoms. The molecule has 202 valence electrons. The number of carbonyl (C=O) groups excluding carboxylic acids is 1. The van der Waals surface area contributed by atoms with Crippen LogP contribution in [0.3, 0.4) is 0 Å². The molecule has 0 fully saturated rings. The number of rotatable bonds is 10. The van der Waals surface area contributed by atoms with E-state index in [1.54, 1.807) is 36.1 Å². The molecule has 0 saturated carbocycles. The summed E-state index contributed by atoms with van der Waals surface area (Å²) < 4.78 is 70.6. The molecule has 0 atom stereocenters. The van der Waals surface area contributed by atoms with Crippen molar-refractivity contribution in [1.82, 2.24) is 14.7 Å². The normalized spacial score (nSPS) is 11.7. The molecule has 1 aromatic carbocycles. The molecule has 0 bridgehead atoms. The molecule has 2 aromatic heterocycles. The Morgan fingerprint density at radius 1 is 1.29 bits per heavy atom. The largest absolute Gasteiger partial charge is 0.434 e. The lowest BCUT2D eigenvalue weighted by Crippen LogP contribution is -2.33. The van der Waals surface area contributed by atoms with Crippen LogP contribution in [0.4, 0.5) is 24.0 Å². The molecule has 1 N–H and O–H groups in total. The Labute approximate surface area is 225 Å². The number of ether oxygens (including phenoxy) is 1. The van der Waals surface area contributed by atoms with Crippen molar-refractivity contribution >= 4 is 49.7 Å². The summed E-state index contributed by atoms with van der Waals surface area (Å²) in [5, 5.41) is 8.79. The van der Waals surface area contributed by atoms with E-state index in [0.29, 0.717) is 21.7 Å². The number of methoxy groups -OCH3 is 1. The number of benzene rings is 1. The van der Waals surface area contributed by atoms with Gasteiger partial charge in [-0.05, 0) is 49.2 Å². The molecule has 9 nitrogen and oxygen atoms in total. The van der Waals surface area contributed by atoms with Crippen molar-refractivity contribution in [1.29, 1.82) is 5.26 Å². The van der Waals surface area contributed by atoms with Crippen LogP contribution in [0.25, 0.3) is 0 Å². The second-order valence-electron chi connectivity index (χ2n) is 7.91. The summed E-state index contributed by atoms with van der Waals surface area (Å²) in [6.45, 7) is 1.75. The van der Waals surface area contributed by atoms with E-state index in [1.165, 1.54) is 7.11 Å². The fourth-order valence-electron chi connectivity index (χ4n) is 3.28.